The molecule has 0 fully saturated rings. The van der Waals surface area contributed by atoms with Gasteiger partial charge in [0.2, 0.25) is 0 Å². The van der Waals surface area contributed by atoms with E-state index in [0.29, 0.717) is 24.8 Å². The maximum absolute atomic E-state index is 13.7. The second kappa shape index (κ2) is 6.24. The molecule has 2 aromatic carbocycles. The molecule has 0 saturated heterocycles. The number of nitrogen functional groups attached to an aromatic ring is 1. The molecular formula is C13H8Br3FN2O. The Kier molecular flexibility index (Phi) is 4.82. The third kappa shape index (κ3) is 3.21. The Morgan fingerprint density at radius 3 is 2.25 bits per heavy atom. The maximum Gasteiger partial charge on any atom is 0.259 e. The number of carbonyl (C=O) groups excluding carboxylic acids is 1. The zero-order valence-corrected chi connectivity index (χ0v) is 14.6. The minimum absolute atomic E-state index is 0.0527. The molecule has 0 bridgehead atoms. The molecule has 2 rings (SSSR count). The fourth-order valence-electron chi connectivity index (χ4n) is 1.60. The Morgan fingerprint density at radius 1 is 1.10 bits per heavy atom. The third-order valence-corrected chi connectivity index (χ3v) is 4.40. The molecule has 104 valence electrons. The monoisotopic (exact) mass is 464 g/mol. The van der Waals surface area contributed by atoms with Gasteiger partial charge in [0.1, 0.15) is 5.82 Å². The van der Waals surface area contributed by atoms with Crippen LogP contribution in [-0.2, 0) is 0 Å². The Balaban J connectivity index is 2.38. The number of anilines is 2. The smallest absolute Gasteiger partial charge is 0.259 e. The number of amides is 1. The number of nitrogens with two attached hydrogens (primary N) is 1. The first kappa shape index (κ1) is 15.5. The van der Waals surface area contributed by atoms with Crippen molar-refractivity contribution in [2.24, 2.45) is 0 Å². The highest BCUT2D eigenvalue weighted by Gasteiger charge is 2.18. The fraction of sp³-hybridized carbons (Fsp3) is 0. The van der Waals surface area contributed by atoms with Crippen LogP contribution in [0.3, 0.4) is 0 Å². The van der Waals surface area contributed by atoms with Gasteiger partial charge >= 0.3 is 0 Å². The predicted molar refractivity (Wildman–Crippen MR) is 88.3 cm³/mol. The van der Waals surface area contributed by atoms with Crippen LogP contribution in [0.2, 0.25) is 0 Å². The van der Waals surface area contributed by atoms with Gasteiger partial charge in [-0.05, 0) is 72.1 Å². The average Bonchev–Trinajstić information content (AvgIpc) is 2.33. The van der Waals surface area contributed by atoms with Crippen LogP contribution in [0.1, 0.15) is 10.4 Å². The fourth-order valence-corrected chi connectivity index (χ4v) is 3.55. The van der Waals surface area contributed by atoms with Crippen molar-refractivity contribution in [3.05, 3.63) is 55.1 Å². The van der Waals surface area contributed by atoms with Gasteiger partial charge in [0.05, 0.1) is 11.3 Å². The molecule has 0 spiro atoms. The van der Waals surface area contributed by atoms with Crippen LogP contribution < -0.4 is 11.1 Å². The van der Waals surface area contributed by atoms with Gasteiger partial charge in [-0.2, -0.15) is 0 Å². The molecule has 0 aromatic heterocycles. The van der Waals surface area contributed by atoms with E-state index in [0.717, 1.165) is 0 Å². The number of halogens is 4. The van der Waals surface area contributed by atoms with Gasteiger partial charge in [-0.25, -0.2) is 4.39 Å². The molecule has 0 heterocycles. The van der Waals surface area contributed by atoms with Gasteiger partial charge in [-0.1, -0.05) is 6.07 Å². The van der Waals surface area contributed by atoms with Crippen molar-refractivity contribution in [3.63, 3.8) is 0 Å². The quantitative estimate of drug-likeness (QED) is 0.615. The van der Waals surface area contributed by atoms with Crippen molar-refractivity contribution in [1.82, 2.24) is 0 Å². The molecular weight excluding hydrogens is 459 g/mol. The number of benzene rings is 2. The summed E-state index contributed by atoms with van der Waals surface area (Å²) in [6, 6.07) is 7.65. The standard InChI is InChI=1S/C13H8Br3FN2O/c14-7-2-1-3-10(17)11(7)13(20)19-12-8(15)4-6(18)5-9(12)16/h1-5H,18H2,(H,19,20). The number of rotatable bonds is 2. The van der Waals surface area contributed by atoms with Gasteiger partial charge in [0, 0.05) is 19.1 Å². The van der Waals surface area contributed by atoms with E-state index in [9.17, 15) is 9.18 Å². The van der Waals surface area contributed by atoms with Crippen LogP contribution in [-0.4, -0.2) is 5.91 Å². The Labute approximate surface area is 140 Å². The Morgan fingerprint density at radius 2 is 1.70 bits per heavy atom. The first-order valence-corrected chi connectivity index (χ1v) is 7.78. The summed E-state index contributed by atoms with van der Waals surface area (Å²) in [5.74, 6) is -1.15. The van der Waals surface area contributed by atoms with E-state index in [1.165, 1.54) is 12.1 Å². The lowest BCUT2D eigenvalue weighted by molar-refractivity contribution is 0.102. The van der Waals surface area contributed by atoms with Gasteiger partial charge in [0.15, 0.2) is 0 Å². The first-order chi connectivity index (χ1) is 9.40. The molecule has 0 aliphatic rings. The number of hydrogen-bond acceptors (Lipinski definition) is 2. The van der Waals surface area contributed by atoms with Crippen molar-refractivity contribution < 1.29 is 9.18 Å². The molecule has 2 aromatic rings. The molecule has 0 aliphatic heterocycles. The zero-order chi connectivity index (χ0) is 14.9. The minimum Gasteiger partial charge on any atom is -0.399 e. The first-order valence-electron chi connectivity index (χ1n) is 5.40. The lowest BCUT2D eigenvalue weighted by atomic mass is 10.2. The van der Waals surface area contributed by atoms with Crippen LogP contribution in [0.5, 0.6) is 0 Å². The van der Waals surface area contributed by atoms with Crippen molar-refractivity contribution in [1.29, 1.82) is 0 Å². The van der Waals surface area contributed by atoms with E-state index in [2.05, 4.69) is 53.1 Å². The molecule has 3 N–H and O–H groups in total. The second-order valence-electron chi connectivity index (χ2n) is 3.91. The zero-order valence-electron chi connectivity index (χ0n) is 9.88. The molecule has 7 heteroatoms. The van der Waals surface area contributed by atoms with Crippen LogP contribution in [0.15, 0.2) is 43.7 Å². The van der Waals surface area contributed by atoms with Crippen molar-refractivity contribution >= 4 is 65.1 Å². The lowest BCUT2D eigenvalue weighted by Crippen LogP contribution is -2.15. The summed E-state index contributed by atoms with van der Waals surface area (Å²) in [6.07, 6.45) is 0. The number of nitrogens with one attached hydrogen (secondary N) is 1. The summed E-state index contributed by atoms with van der Waals surface area (Å²) in [5, 5.41) is 2.65. The largest absolute Gasteiger partial charge is 0.399 e. The highest BCUT2D eigenvalue weighted by atomic mass is 79.9. The normalized spacial score (nSPS) is 10.4. The van der Waals surface area contributed by atoms with Crippen molar-refractivity contribution in [3.8, 4) is 0 Å². The van der Waals surface area contributed by atoms with E-state index in [1.54, 1.807) is 18.2 Å². The van der Waals surface area contributed by atoms with Crippen molar-refractivity contribution in [2.75, 3.05) is 11.1 Å². The Hall–Kier alpha value is -0.920. The summed E-state index contributed by atoms with van der Waals surface area (Å²) >= 11 is 9.78. The van der Waals surface area contributed by atoms with Gasteiger partial charge < -0.3 is 11.1 Å². The van der Waals surface area contributed by atoms with Crippen LogP contribution in [0.4, 0.5) is 15.8 Å². The molecule has 0 radical (unpaired) electrons. The van der Waals surface area contributed by atoms with Crippen molar-refractivity contribution in [2.45, 2.75) is 0 Å². The molecule has 0 saturated carbocycles. The van der Waals surface area contributed by atoms with E-state index in [1.807, 2.05) is 0 Å². The predicted octanol–water partition coefficient (Wildman–Crippen LogP) is 4.95. The van der Waals surface area contributed by atoms with Gasteiger partial charge in [-0.15, -0.1) is 0 Å². The summed E-state index contributed by atoms with van der Waals surface area (Å²) in [5.41, 5.74) is 6.65. The van der Waals surface area contributed by atoms with Gasteiger partial charge in [-0.3, -0.25) is 4.79 Å². The second-order valence-corrected chi connectivity index (χ2v) is 6.47. The van der Waals surface area contributed by atoms with E-state index in [4.69, 9.17) is 5.73 Å². The number of carbonyl (C=O) groups is 1. The summed E-state index contributed by atoms with van der Waals surface area (Å²) < 4.78 is 15.3. The average molecular weight is 467 g/mol. The molecule has 0 unspecified atom stereocenters. The lowest BCUT2D eigenvalue weighted by Gasteiger charge is -2.12. The Bertz CT molecular complexity index is 648. The van der Waals surface area contributed by atoms with E-state index < -0.39 is 11.7 Å². The molecule has 20 heavy (non-hydrogen) atoms. The van der Waals surface area contributed by atoms with Crippen LogP contribution in [0, 0.1) is 5.82 Å². The minimum atomic E-state index is -0.598. The molecule has 3 nitrogen and oxygen atoms in total. The van der Waals surface area contributed by atoms with E-state index >= 15 is 0 Å². The highest BCUT2D eigenvalue weighted by molar-refractivity contribution is 9.11. The highest BCUT2D eigenvalue weighted by Crippen LogP contribution is 2.34. The SMILES string of the molecule is Nc1cc(Br)c(NC(=O)c2c(F)cccc2Br)c(Br)c1. The van der Waals surface area contributed by atoms with Crippen LogP contribution in [0.25, 0.3) is 0 Å². The molecule has 1 amide bonds. The summed E-state index contributed by atoms with van der Waals surface area (Å²) in [7, 11) is 0. The maximum atomic E-state index is 13.7. The number of hydrogen-bond donors (Lipinski definition) is 2. The summed E-state index contributed by atoms with van der Waals surface area (Å²) in [6.45, 7) is 0. The third-order valence-electron chi connectivity index (χ3n) is 2.49. The molecule has 0 atom stereocenters. The van der Waals surface area contributed by atoms with Gasteiger partial charge in [0.25, 0.3) is 5.91 Å². The summed E-state index contributed by atoms with van der Waals surface area (Å²) in [4.78, 5) is 12.2. The topological polar surface area (TPSA) is 55.1 Å². The van der Waals surface area contributed by atoms with E-state index in [-0.39, 0.29) is 5.56 Å². The van der Waals surface area contributed by atoms with Crippen LogP contribution >= 0.6 is 47.8 Å². The molecule has 0 aliphatic carbocycles.